The molecule has 0 aliphatic carbocycles. The fourth-order valence-electron chi connectivity index (χ4n) is 0.367. The third kappa shape index (κ3) is 5.92. The molecule has 0 fully saturated rings. The van der Waals surface area contributed by atoms with Crippen LogP contribution in [0.4, 0.5) is 0 Å². The molecule has 0 amide bonds. The van der Waals surface area contributed by atoms with Crippen LogP contribution in [0.5, 0.6) is 0 Å². The minimum absolute atomic E-state index is 0.750. The topological polar surface area (TPSA) is 18.5 Å². The Morgan fingerprint density at radius 3 is 2.75 bits per heavy atom. The molecule has 0 unspecified atom stereocenters. The standard InChI is InChI=1S/C6H13O2/c1-3-8-6-4-5-7-2/h6H,3-5H2,1-2H3. The van der Waals surface area contributed by atoms with Gasteiger partial charge in [-0.3, -0.25) is 0 Å². The normalized spacial score (nSPS) is 9.75. The van der Waals surface area contributed by atoms with Crippen molar-refractivity contribution in [3.8, 4) is 0 Å². The van der Waals surface area contributed by atoms with Crippen LogP contribution in [0.2, 0.25) is 0 Å². The molecule has 2 heteroatoms. The third-order valence-corrected chi connectivity index (χ3v) is 0.724. The average molecular weight is 117 g/mol. The highest BCUT2D eigenvalue weighted by Crippen LogP contribution is 1.87. The first-order valence-corrected chi connectivity index (χ1v) is 2.84. The quantitative estimate of drug-likeness (QED) is 0.504. The zero-order valence-corrected chi connectivity index (χ0v) is 5.52. The average Bonchev–Trinajstić information content (AvgIpc) is 1.81. The molecule has 0 bridgehead atoms. The van der Waals surface area contributed by atoms with Gasteiger partial charge >= 0.3 is 0 Å². The summed E-state index contributed by atoms with van der Waals surface area (Å²) in [4.78, 5) is 0. The van der Waals surface area contributed by atoms with Crippen LogP contribution < -0.4 is 0 Å². The van der Waals surface area contributed by atoms with Crippen molar-refractivity contribution >= 4 is 0 Å². The molecule has 0 aliphatic heterocycles. The molecular formula is C6H13O2. The molecule has 0 atom stereocenters. The smallest absolute Gasteiger partial charge is 0.0859 e. The van der Waals surface area contributed by atoms with Crippen molar-refractivity contribution in [2.45, 2.75) is 13.3 Å². The van der Waals surface area contributed by atoms with Gasteiger partial charge in [-0.2, -0.15) is 0 Å². The highest BCUT2D eigenvalue weighted by atomic mass is 16.5. The fourth-order valence-corrected chi connectivity index (χ4v) is 0.367. The second-order valence-corrected chi connectivity index (χ2v) is 1.40. The number of ether oxygens (including phenoxy) is 2. The molecule has 0 saturated carbocycles. The summed E-state index contributed by atoms with van der Waals surface area (Å²) < 4.78 is 9.71. The summed E-state index contributed by atoms with van der Waals surface area (Å²) in [5.74, 6) is 0. The molecule has 49 valence electrons. The van der Waals surface area contributed by atoms with Crippen molar-refractivity contribution < 1.29 is 9.47 Å². The van der Waals surface area contributed by atoms with Crippen molar-refractivity contribution in [2.75, 3.05) is 20.3 Å². The van der Waals surface area contributed by atoms with E-state index >= 15 is 0 Å². The predicted octanol–water partition coefficient (Wildman–Crippen LogP) is 1.22. The lowest BCUT2D eigenvalue weighted by Gasteiger charge is -1.96. The molecule has 0 rings (SSSR count). The largest absolute Gasteiger partial charge is 0.385 e. The maximum absolute atomic E-state index is 4.93. The van der Waals surface area contributed by atoms with Crippen molar-refractivity contribution in [1.29, 1.82) is 0 Å². The van der Waals surface area contributed by atoms with Gasteiger partial charge in [-0.15, -0.1) is 0 Å². The number of methoxy groups -OCH3 is 1. The van der Waals surface area contributed by atoms with Crippen molar-refractivity contribution in [3.63, 3.8) is 0 Å². The first-order valence-electron chi connectivity index (χ1n) is 2.84. The lowest BCUT2D eigenvalue weighted by atomic mass is 10.5. The SMILES string of the molecule is CCO[CH]CCOC. The summed E-state index contributed by atoms with van der Waals surface area (Å²) in [7, 11) is 1.68. The van der Waals surface area contributed by atoms with Gasteiger partial charge in [0.05, 0.1) is 6.61 Å². The third-order valence-electron chi connectivity index (χ3n) is 0.724. The van der Waals surface area contributed by atoms with E-state index in [2.05, 4.69) is 0 Å². The lowest BCUT2D eigenvalue weighted by molar-refractivity contribution is 0.155. The fraction of sp³-hybridized carbons (Fsp3) is 0.833. The van der Waals surface area contributed by atoms with Gasteiger partial charge in [-0.25, -0.2) is 0 Å². The number of hydrogen-bond acceptors (Lipinski definition) is 2. The van der Waals surface area contributed by atoms with Gasteiger partial charge in [0, 0.05) is 20.3 Å². The summed E-state index contributed by atoms with van der Waals surface area (Å²) in [6.07, 6.45) is 0.879. The van der Waals surface area contributed by atoms with E-state index in [1.54, 1.807) is 13.7 Å². The first kappa shape index (κ1) is 7.92. The summed E-state index contributed by atoms with van der Waals surface area (Å²) in [6.45, 7) is 5.23. The van der Waals surface area contributed by atoms with E-state index in [0.717, 1.165) is 19.6 Å². The zero-order chi connectivity index (χ0) is 6.24. The van der Waals surface area contributed by atoms with Crippen molar-refractivity contribution in [3.05, 3.63) is 6.61 Å². The van der Waals surface area contributed by atoms with Crippen LogP contribution in [0.15, 0.2) is 0 Å². The Morgan fingerprint density at radius 2 is 2.25 bits per heavy atom. The van der Waals surface area contributed by atoms with E-state index in [0.29, 0.717) is 0 Å². The highest BCUT2D eigenvalue weighted by Gasteiger charge is 1.83. The van der Waals surface area contributed by atoms with Gasteiger partial charge < -0.3 is 9.47 Å². The van der Waals surface area contributed by atoms with Gasteiger partial charge in [-0.1, -0.05) is 0 Å². The maximum Gasteiger partial charge on any atom is 0.0859 e. The van der Waals surface area contributed by atoms with Crippen LogP contribution in [0.25, 0.3) is 0 Å². The Kier molecular flexibility index (Phi) is 6.85. The van der Waals surface area contributed by atoms with Gasteiger partial charge in [0.2, 0.25) is 0 Å². The molecular weight excluding hydrogens is 104 g/mol. The first-order chi connectivity index (χ1) is 3.91. The zero-order valence-electron chi connectivity index (χ0n) is 5.52. The molecule has 0 aliphatic rings. The maximum atomic E-state index is 4.93. The van der Waals surface area contributed by atoms with E-state index in [1.807, 2.05) is 6.92 Å². The van der Waals surface area contributed by atoms with E-state index in [4.69, 9.17) is 9.47 Å². The number of hydrogen-bond donors (Lipinski definition) is 0. The van der Waals surface area contributed by atoms with Crippen molar-refractivity contribution in [2.24, 2.45) is 0 Å². The van der Waals surface area contributed by atoms with Crippen LogP contribution in [-0.2, 0) is 9.47 Å². The molecule has 2 nitrogen and oxygen atoms in total. The van der Waals surface area contributed by atoms with Gasteiger partial charge in [0.15, 0.2) is 0 Å². The molecule has 0 spiro atoms. The number of rotatable bonds is 5. The second kappa shape index (κ2) is 6.92. The van der Waals surface area contributed by atoms with E-state index in [9.17, 15) is 0 Å². The summed E-state index contributed by atoms with van der Waals surface area (Å²) in [6, 6.07) is 0. The highest BCUT2D eigenvalue weighted by molar-refractivity contribution is 4.46. The van der Waals surface area contributed by atoms with Crippen LogP contribution in [0.1, 0.15) is 13.3 Å². The van der Waals surface area contributed by atoms with Gasteiger partial charge in [-0.05, 0) is 13.3 Å². The molecule has 8 heavy (non-hydrogen) atoms. The summed E-state index contributed by atoms with van der Waals surface area (Å²) >= 11 is 0. The Labute approximate surface area is 50.8 Å². The second-order valence-electron chi connectivity index (χ2n) is 1.40. The molecule has 0 aromatic carbocycles. The predicted molar refractivity (Wildman–Crippen MR) is 32.4 cm³/mol. The van der Waals surface area contributed by atoms with E-state index in [1.165, 1.54) is 0 Å². The van der Waals surface area contributed by atoms with Crippen LogP contribution >= 0.6 is 0 Å². The Bertz CT molecular complexity index is 31.5. The molecule has 0 aromatic rings. The minimum atomic E-state index is 0.750. The summed E-state index contributed by atoms with van der Waals surface area (Å²) in [5.41, 5.74) is 0. The van der Waals surface area contributed by atoms with Crippen LogP contribution in [-0.4, -0.2) is 20.3 Å². The van der Waals surface area contributed by atoms with Gasteiger partial charge in [0.25, 0.3) is 0 Å². The van der Waals surface area contributed by atoms with E-state index < -0.39 is 0 Å². The van der Waals surface area contributed by atoms with Gasteiger partial charge in [0.1, 0.15) is 0 Å². The van der Waals surface area contributed by atoms with Crippen LogP contribution in [0, 0.1) is 6.61 Å². The monoisotopic (exact) mass is 117 g/mol. The molecule has 0 N–H and O–H groups in total. The molecule has 0 saturated heterocycles. The minimum Gasteiger partial charge on any atom is -0.385 e. The lowest BCUT2D eigenvalue weighted by Crippen LogP contribution is -1.91. The molecule has 0 aromatic heterocycles. The van der Waals surface area contributed by atoms with Crippen molar-refractivity contribution in [1.82, 2.24) is 0 Å². The van der Waals surface area contributed by atoms with E-state index in [-0.39, 0.29) is 0 Å². The molecule has 0 heterocycles. The Hall–Kier alpha value is -0.0800. The van der Waals surface area contributed by atoms with Crippen LogP contribution in [0.3, 0.4) is 0 Å². The molecule has 1 radical (unpaired) electrons. The summed E-state index contributed by atoms with van der Waals surface area (Å²) in [5, 5.41) is 0. The Balaban J connectivity index is 2.53. The Morgan fingerprint density at radius 1 is 1.50 bits per heavy atom.